The summed E-state index contributed by atoms with van der Waals surface area (Å²) >= 11 is 5.91. The van der Waals surface area contributed by atoms with E-state index in [1.165, 1.54) is 0 Å². The highest BCUT2D eigenvalue weighted by molar-refractivity contribution is 6.30. The number of hydrogen-bond donors (Lipinski definition) is 2. The van der Waals surface area contributed by atoms with Crippen LogP contribution in [0.3, 0.4) is 0 Å². The highest BCUT2D eigenvalue weighted by atomic mass is 35.5. The summed E-state index contributed by atoms with van der Waals surface area (Å²) in [6.07, 6.45) is 2.52. The van der Waals surface area contributed by atoms with Crippen molar-refractivity contribution < 1.29 is 19.4 Å². The Morgan fingerprint density at radius 1 is 1.10 bits per heavy atom. The van der Waals surface area contributed by atoms with Gasteiger partial charge < -0.3 is 24.6 Å². The molecule has 3 aromatic rings. The molecule has 0 saturated carbocycles. The smallest absolute Gasteiger partial charge is 0.404 e. The Morgan fingerprint density at radius 3 is 2.55 bits per heavy atom. The second-order valence-corrected chi connectivity index (χ2v) is 8.01. The van der Waals surface area contributed by atoms with Crippen LogP contribution < -0.4 is 10.1 Å². The van der Waals surface area contributed by atoms with E-state index in [9.17, 15) is 9.59 Å². The maximum Gasteiger partial charge on any atom is 0.404 e. The molecule has 2 N–H and O–H groups in total. The van der Waals surface area contributed by atoms with Gasteiger partial charge >= 0.3 is 6.09 Å². The Labute approximate surface area is 185 Å². The topological polar surface area (TPSA) is 83.8 Å². The van der Waals surface area contributed by atoms with Crippen molar-refractivity contribution in [3.8, 4) is 5.75 Å². The molecule has 1 saturated heterocycles. The number of fused-ring (bicyclic) bond motifs is 1. The number of carboxylic acid groups (broad SMARTS) is 1. The standard InChI is InChI=1S/C23H24ClN3O4/c24-18-2-4-19(5-3-18)31-20-8-12-27(13-9-20)22(28)17-1-6-21-16(15-17)7-11-26(21)14-10-25-23(29)30/h1-7,11,15,20,25H,8-10,12-14H2,(H,29,30). The van der Waals surface area contributed by atoms with Crippen molar-refractivity contribution in [2.45, 2.75) is 25.5 Å². The van der Waals surface area contributed by atoms with Crippen LogP contribution in [0.1, 0.15) is 23.2 Å². The lowest BCUT2D eigenvalue weighted by Gasteiger charge is -2.32. The van der Waals surface area contributed by atoms with Crippen molar-refractivity contribution in [2.24, 2.45) is 0 Å². The summed E-state index contributed by atoms with van der Waals surface area (Å²) in [7, 11) is 0. The van der Waals surface area contributed by atoms with E-state index in [1.807, 2.05) is 64.2 Å². The molecule has 7 nitrogen and oxygen atoms in total. The summed E-state index contributed by atoms with van der Waals surface area (Å²) in [5.41, 5.74) is 1.63. The average molecular weight is 442 g/mol. The minimum Gasteiger partial charge on any atom is -0.490 e. The molecule has 2 heterocycles. The maximum atomic E-state index is 13.0. The Hall–Kier alpha value is -3.19. The highest BCUT2D eigenvalue weighted by Crippen LogP contribution is 2.23. The third-order valence-corrected chi connectivity index (χ3v) is 5.74. The van der Waals surface area contributed by atoms with Crippen molar-refractivity contribution in [1.82, 2.24) is 14.8 Å². The van der Waals surface area contributed by atoms with Crippen LogP contribution in [0.2, 0.25) is 5.02 Å². The number of ether oxygens (including phenoxy) is 1. The van der Waals surface area contributed by atoms with E-state index in [2.05, 4.69) is 5.32 Å². The number of likely N-dealkylation sites (tertiary alicyclic amines) is 1. The third-order valence-electron chi connectivity index (χ3n) is 5.49. The Kier molecular flexibility index (Phi) is 6.32. The Balaban J connectivity index is 1.35. The summed E-state index contributed by atoms with van der Waals surface area (Å²) in [6.45, 7) is 2.16. The molecule has 1 aliphatic rings. The molecule has 0 spiro atoms. The van der Waals surface area contributed by atoms with E-state index in [0.29, 0.717) is 36.8 Å². The van der Waals surface area contributed by atoms with Crippen LogP contribution in [-0.2, 0) is 6.54 Å². The van der Waals surface area contributed by atoms with Crippen LogP contribution in [0.5, 0.6) is 5.75 Å². The van der Waals surface area contributed by atoms with Gasteiger partial charge in [0.05, 0.1) is 0 Å². The van der Waals surface area contributed by atoms with Gasteiger partial charge in [0, 0.05) is 66.7 Å². The van der Waals surface area contributed by atoms with Crippen molar-refractivity contribution in [3.05, 3.63) is 65.3 Å². The van der Waals surface area contributed by atoms with Gasteiger partial charge in [-0.25, -0.2) is 4.79 Å². The molecule has 31 heavy (non-hydrogen) atoms. The first-order valence-electron chi connectivity index (χ1n) is 10.3. The number of halogens is 1. The zero-order valence-corrected chi connectivity index (χ0v) is 17.7. The van der Waals surface area contributed by atoms with Gasteiger partial charge in [-0.1, -0.05) is 11.6 Å². The molecular weight excluding hydrogens is 418 g/mol. The minimum atomic E-state index is -1.04. The second-order valence-electron chi connectivity index (χ2n) is 7.58. The average Bonchev–Trinajstić information content (AvgIpc) is 3.17. The number of amides is 2. The van der Waals surface area contributed by atoms with Gasteiger partial charge in [-0.3, -0.25) is 4.79 Å². The highest BCUT2D eigenvalue weighted by Gasteiger charge is 2.25. The summed E-state index contributed by atoms with van der Waals surface area (Å²) in [5.74, 6) is 0.815. The predicted octanol–water partition coefficient (Wildman–Crippen LogP) is 4.25. The first kappa shape index (κ1) is 21.1. The number of carbonyl (C=O) groups excluding carboxylic acids is 1. The van der Waals surface area contributed by atoms with Gasteiger partial charge in [-0.15, -0.1) is 0 Å². The van der Waals surface area contributed by atoms with Gasteiger partial charge in [0.2, 0.25) is 0 Å². The van der Waals surface area contributed by atoms with E-state index in [4.69, 9.17) is 21.4 Å². The van der Waals surface area contributed by atoms with Crippen molar-refractivity contribution in [3.63, 3.8) is 0 Å². The van der Waals surface area contributed by atoms with Crippen LogP contribution >= 0.6 is 11.6 Å². The van der Waals surface area contributed by atoms with Gasteiger partial charge in [0.1, 0.15) is 11.9 Å². The normalized spacial score (nSPS) is 14.5. The molecule has 2 amide bonds. The predicted molar refractivity (Wildman–Crippen MR) is 119 cm³/mol. The second kappa shape index (κ2) is 9.31. The van der Waals surface area contributed by atoms with Gasteiger partial charge in [0.25, 0.3) is 5.91 Å². The molecule has 0 unspecified atom stereocenters. The molecule has 0 bridgehead atoms. The Morgan fingerprint density at radius 2 is 1.84 bits per heavy atom. The van der Waals surface area contributed by atoms with Gasteiger partial charge in [-0.05, 0) is 48.5 Å². The largest absolute Gasteiger partial charge is 0.490 e. The summed E-state index contributed by atoms with van der Waals surface area (Å²) in [5, 5.41) is 12.7. The number of piperidine rings is 1. The van der Waals surface area contributed by atoms with Crippen molar-refractivity contribution in [1.29, 1.82) is 0 Å². The first-order valence-corrected chi connectivity index (χ1v) is 10.6. The zero-order valence-electron chi connectivity index (χ0n) is 17.0. The van der Waals surface area contributed by atoms with Crippen LogP contribution in [0.15, 0.2) is 54.7 Å². The molecule has 1 aliphatic heterocycles. The first-order chi connectivity index (χ1) is 15.0. The molecule has 1 fully saturated rings. The molecule has 0 radical (unpaired) electrons. The fraction of sp³-hybridized carbons (Fsp3) is 0.304. The van der Waals surface area contributed by atoms with Crippen LogP contribution in [0.4, 0.5) is 4.79 Å². The molecule has 8 heteroatoms. The Bertz CT molecular complexity index is 1070. The zero-order chi connectivity index (χ0) is 21.8. The lowest BCUT2D eigenvalue weighted by molar-refractivity contribution is 0.0595. The summed E-state index contributed by atoms with van der Waals surface area (Å²) in [4.78, 5) is 25.5. The van der Waals surface area contributed by atoms with E-state index in [1.54, 1.807) is 0 Å². The molecule has 162 valence electrons. The number of rotatable bonds is 6. The van der Waals surface area contributed by atoms with E-state index >= 15 is 0 Å². The fourth-order valence-corrected chi connectivity index (χ4v) is 4.00. The molecule has 0 atom stereocenters. The molecule has 0 aliphatic carbocycles. The number of benzene rings is 2. The summed E-state index contributed by atoms with van der Waals surface area (Å²) < 4.78 is 7.98. The van der Waals surface area contributed by atoms with E-state index in [-0.39, 0.29) is 12.0 Å². The van der Waals surface area contributed by atoms with Crippen LogP contribution in [0, 0.1) is 0 Å². The van der Waals surface area contributed by atoms with Gasteiger partial charge in [-0.2, -0.15) is 0 Å². The SMILES string of the molecule is O=C(O)NCCn1ccc2cc(C(=O)N3CCC(Oc4ccc(Cl)cc4)CC3)ccc21. The van der Waals surface area contributed by atoms with Crippen LogP contribution in [0.25, 0.3) is 10.9 Å². The third kappa shape index (κ3) is 5.11. The number of nitrogens with one attached hydrogen (secondary N) is 1. The number of carbonyl (C=O) groups is 2. The number of nitrogens with zero attached hydrogens (tertiary/aromatic N) is 2. The minimum absolute atomic E-state index is 0.0205. The molecular formula is C23H24ClN3O4. The molecule has 2 aromatic carbocycles. The maximum absolute atomic E-state index is 13.0. The lowest BCUT2D eigenvalue weighted by Crippen LogP contribution is -2.41. The molecule has 4 rings (SSSR count). The lowest BCUT2D eigenvalue weighted by atomic mass is 10.1. The fourth-order valence-electron chi connectivity index (χ4n) is 3.88. The van der Waals surface area contributed by atoms with Crippen molar-refractivity contribution >= 4 is 34.5 Å². The molecule has 1 aromatic heterocycles. The van der Waals surface area contributed by atoms with E-state index < -0.39 is 6.09 Å². The van der Waals surface area contributed by atoms with E-state index in [0.717, 1.165) is 29.5 Å². The monoisotopic (exact) mass is 441 g/mol. The van der Waals surface area contributed by atoms with Crippen LogP contribution in [-0.4, -0.2) is 52.3 Å². The number of aromatic nitrogens is 1. The van der Waals surface area contributed by atoms with Gasteiger partial charge in [0.15, 0.2) is 0 Å². The van der Waals surface area contributed by atoms with Crippen molar-refractivity contribution in [2.75, 3.05) is 19.6 Å². The quantitative estimate of drug-likeness (QED) is 0.599. The number of hydrogen-bond acceptors (Lipinski definition) is 3. The summed E-state index contributed by atoms with van der Waals surface area (Å²) in [6, 6.07) is 14.9.